The molecule has 1 aliphatic heterocycles. The van der Waals surface area contributed by atoms with E-state index >= 15 is 0 Å². The highest BCUT2D eigenvalue weighted by atomic mass is 79.9. The predicted octanol–water partition coefficient (Wildman–Crippen LogP) is 3.07. The molecule has 0 aliphatic carbocycles. The average Bonchev–Trinajstić information content (AvgIpc) is 2.40. The van der Waals surface area contributed by atoms with Crippen LogP contribution in [0.4, 0.5) is 0 Å². The van der Waals surface area contributed by atoms with Gasteiger partial charge in [-0.25, -0.2) is 0 Å². The van der Waals surface area contributed by atoms with E-state index in [4.69, 9.17) is 5.73 Å². The Labute approximate surface area is 130 Å². The molecule has 1 saturated heterocycles. The summed E-state index contributed by atoms with van der Waals surface area (Å²) in [6.07, 6.45) is 2.83. The minimum atomic E-state index is -0.598. The second kappa shape index (κ2) is 6.56. The summed E-state index contributed by atoms with van der Waals surface area (Å²) in [5, 5.41) is 10.3. The Morgan fingerprint density at radius 2 is 2.05 bits per heavy atom. The van der Waals surface area contributed by atoms with Crippen LogP contribution in [0.25, 0.3) is 0 Å². The van der Waals surface area contributed by atoms with Crippen molar-refractivity contribution in [3.8, 4) is 0 Å². The molecule has 20 heavy (non-hydrogen) atoms. The fourth-order valence-electron chi connectivity index (χ4n) is 3.11. The van der Waals surface area contributed by atoms with Gasteiger partial charge in [-0.2, -0.15) is 0 Å². The summed E-state index contributed by atoms with van der Waals surface area (Å²) in [6, 6.07) is 8.66. The van der Waals surface area contributed by atoms with Crippen molar-refractivity contribution < 1.29 is 5.11 Å². The van der Waals surface area contributed by atoms with Gasteiger partial charge < -0.3 is 10.8 Å². The van der Waals surface area contributed by atoms with Gasteiger partial charge in [-0.1, -0.05) is 35.0 Å². The van der Waals surface area contributed by atoms with Crippen molar-refractivity contribution in [2.45, 2.75) is 50.8 Å². The summed E-state index contributed by atoms with van der Waals surface area (Å²) in [5.74, 6) is 0. The molecule has 3 N–H and O–H groups in total. The first-order valence-electron chi connectivity index (χ1n) is 7.40. The van der Waals surface area contributed by atoms with Crippen molar-refractivity contribution in [2.24, 2.45) is 5.73 Å². The monoisotopic (exact) mass is 340 g/mol. The molecule has 1 fully saturated rings. The molecule has 0 saturated carbocycles. The Balaban J connectivity index is 2.25. The van der Waals surface area contributed by atoms with Crippen LogP contribution >= 0.6 is 15.9 Å². The second-order valence-electron chi connectivity index (χ2n) is 6.14. The smallest absolute Gasteiger partial charge is 0.0746 e. The van der Waals surface area contributed by atoms with Crippen LogP contribution in [0.5, 0.6) is 0 Å². The van der Waals surface area contributed by atoms with Crippen LogP contribution in [-0.4, -0.2) is 34.7 Å². The van der Waals surface area contributed by atoms with E-state index in [2.05, 4.69) is 52.0 Å². The Kier molecular flexibility index (Phi) is 5.24. The van der Waals surface area contributed by atoms with E-state index in [0.29, 0.717) is 6.54 Å². The van der Waals surface area contributed by atoms with Crippen LogP contribution in [0.3, 0.4) is 0 Å². The Bertz CT molecular complexity index is 433. The van der Waals surface area contributed by atoms with Crippen molar-refractivity contribution in [2.75, 3.05) is 13.1 Å². The second-order valence-corrected chi connectivity index (χ2v) is 7.06. The maximum Gasteiger partial charge on any atom is 0.0746 e. The number of likely N-dealkylation sites (tertiary alicyclic amines) is 1. The molecule has 0 amide bonds. The number of nitrogens with zero attached hydrogens (tertiary/aromatic N) is 1. The maximum absolute atomic E-state index is 10.3. The van der Waals surface area contributed by atoms with Crippen LogP contribution in [-0.2, 0) is 0 Å². The number of piperidine rings is 1. The number of hydrogen-bond acceptors (Lipinski definition) is 3. The van der Waals surface area contributed by atoms with Gasteiger partial charge in [0.1, 0.15) is 0 Å². The van der Waals surface area contributed by atoms with E-state index in [1.807, 2.05) is 6.92 Å². The molecule has 112 valence electrons. The maximum atomic E-state index is 10.3. The highest BCUT2D eigenvalue weighted by Crippen LogP contribution is 2.31. The van der Waals surface area contributed by atoms with Crippen molar-refractivity contribution in [1.29, 1.82) is 0 Å². The predicted molar refractivity (Wildman–Crippen MR) is 86.6 cm³/mol. The van der Waals surface area contributed by atoms with Gasteiger partial charge >= 0.3 is 0 Å². The Morgan fingerprint density at radius 3 is 2.60 bits per heavy atom. The Morgan fingerprint density at radius 1 is 1.40 bits per heavy atom. The van der Waals surface area contributed by atoms with E-state index in [1.165, 1.54) is 5.56 Å². The summed E-state index contributed by atoms with van der Waals surface area (Å²) < 4.78 is 1.08. The van der Waals surface area contributed by atoms with E-state index < -0.39 is 5.60 Å². The van der Waals surface area contributed by atoms with Gasteiger partial charge in [0, 0.05) is 23.1 Å². The molecule has 0 radical (unpaired) electrons. The molecule has 4 heteroatoms. The molecule has 3 unspecified atom stereocenters. The van der Waals surface area contributed by atoms with Crippen LogP contribution in [0.15, 0.2) is 28.7 Å². The van der Waals surface area contributed by atoms with Gasteiger partial charge in [0.05, 0.1) is 5.60 Å². The van der Waals surface area contributed by atoms with Gasteiger partial charge in [-0.15, -0.1) is 0 Å². The van der Waals surface area contributed by atoms with Crippen molar-refractivity contribution in [1.82, 2.24) is 4.90 Å². The number of benzene rings is 1. The van der Waals surface area contributed by atoms with E-state index in [0.717, 1.165) is 30.3 Å². The zero-order valence-electron chi connectivity index (χ0n) is 12.3. The highest BCUT2D eigenvalue weighted by Gasteiger charge is 2.34. The molecule has 1 aliphatic rings. The summed E-state index contributed by atoms with van der Waals surface area (Å²) in [4.78, 5) is 2.35. The topological polar surface area (TPSA) is 49.5 Å². The largest absolute Gasteiger partial charge is 0.389 e. The lowest BCUT2D eigenvalue weighted by Crippen LogP contribution is -2.51. The molecule has 0 aromatic heterocycles. The van der Waals surface area contributed by atoms with Gasteiger partial charge in [-0.3, -0.25) is 4.90 Å². The number of aliphatic hydroxyl groups is 1. The van der Waals surface area contributed by atoms with Crippen LogP contribution in [0, 0.1) is 0 Å². The first kappa shape index (κ1) is 16.0. The third kappa shape index (κ3) is 3.82. The molecule has 1 aromatic rings. The lowest BCUT2D eigenvalue weighted by molar-refractivity contribution is -0.0343. The Hall–Kier alpha value is -0.420. The first-order valence-corrected chi connectivity index (χ1v) is 8.20. The van der Waals surface area contributed by atoms with Crippen molar-refractivity contribution in [3.63, 3.8) is 0 Å². The SMILES string of the molecule is CCC(N)C(c1ccc(Br)cc1)N1CCCC(C)(O)C1. The highest BCUT2D eigenvalue weighted by molar-refractivity contribution is 9.10. The standard InChI is InChI=1S/C16H25BrN2O/c1-3-14(18)15(12-5-7-13(17)8-6-12)19-10-4-9-16(2,20)11-19/h5-8,14-15,20H,3-4,9-11,18H2,1-2H3. The number of rotatable bonds is 4. The minimum absolute atomic E-state index is 0.0880. The van der Waals surface area contributed by atoms with E-state index in [9.17, 15) is 5.11 Å². The van der Waals surface area contributed by atoms with Crippen LogP contribution < -0.4 is 5.73 Å². The molecular formula is C16H25BrN2O. The number of hydrogen-bond donors (Lipinski definition) is 2. The van der Waals surface area contributed by atoms with E-state index in [1.54, 1.807) is 0 Å². The van der Waals surface area contributed by atoms with Gasteiger partial charge in [0.25, 0.3) is 0 Å². The average molecular weight is 341 g/mol. The molecule has 1 heterocycles. The molecule has 0 bridgehead atoms. The fourth-order valence-corrected chi connectivity index (χ4v) is 3.37. The summed E-state index contributed by atoms with van der Waals surface area (Å²) in [6.45, 7) is 5.75. The summed E-state index contributed by atoms with van der Waals surface area (Å²) in [5.41, 5.74) is 7.01. The van der Waals surface area contributed by atoms with E-state index in [-0.39, 0.29) is 12.1 Å². The molecule has 0 spiro atoms. The molecular weight excluding hydrogens is 316 g/mol. The molecule has 3 atom stereocenters. The number of β-amino-alcohol motifs (C(OH)–C–C–N with tert-alkyl or cyclic N) is 1. The minimum Gasteiger partial charge on any atom is -0.389 e. The van der Waals surface area contributed by atoms with Crippen LogP contribution in [0.1, 0.15) is 44.7 Å². The lowest BCUT2D eigenvalue weighted by atomic mass is 9.89. The molecule has 1 aromatic carbocycles. The summed E-state index contributed by atoms with van der Waals surface area (Å²) >= 11 is 3.48. The number of nitrogens with two attached hydrogens (primary N) is 1. The molecule has 2 rings (SSSR count). The van der Waals surface area contributed by atoms with Crippen molar-refractivity contribution in [3.05, 3.63) is 34.3 Å². The zero-order chi connectivity index (χ0) is 14.8. The van der Waals surface area contributed by atoms with Gasteiger partial charge in [0.2, 0.25) is 0 Å². The summed E-state index contributed by atoms with van der Waals surface area (Å²) in [7, 11) is 0. The van der Waals surface area contributed by atoms with Gasteiger partial charge in [0.15, 0.2) is 0 Å². The number of halogens is 1. The van der Waals surface area contributed by atoms with Crippen LogP contribution in [0.2, 0.25) is 0 Å². The third-order valence-corrected chi connectivity index (χ3v) is 4.71. The first-order chi connectivity index (χ1) is 9.43. The van der Waals surface area contributed by atoms with Crippen molar-refractivity contribution >= 4 is 15.9 Å². The lowest BCUT2D eigenvalue weighted by Gasteiger charge is -2.43. The fraction of sp³-hybridized carbons (Fsp3) is 0.625. The normalized spacial score (nSPS) is 27.2. The van der Waals surface area contributed by atoms with Gasteiger partial charge in [-0.05, 0) is 50.4 Å². The zero-order valence-corrected chi connectivity index (χ0v) is 13.9. The third-order valence-electron chi connectivity index (χ3n) is 4.19. The quantitative estimate of drug-likeness (QED) is 0.885. The molecule has 3 nitrogen and oxygen atoms in total.